The highest BCUT2D eigenvalue weighted by Crippen LogP contribution is 2.38. The van der Waals surface area contributed by atoms with E-state index < -0.39 is 0 Å². The van der Waals surface area contributed by atoms with E-state index in [9.17, 15) is 19.2 Å². The van der Waals surface area contributed by atoms with Crippen molar-refractivity contribution in [2.75, 3.05) is 39.4 Å². The van der Waals surface area contributed by atoms with Gasteiger partial charge < -0.3 is 19.3 Å². The fourth-order valence-electron chi connectivity index (χ4n) is 5.26. The van der Waals surface area contributed by atoms with Gasteiger partial charge in [-0.15, -0.1) is 0 Å². The lowest BCUT2D eigenvalue weighted by Gasteiger charge is -2.30. The molecule has 240 valence electrons. The van der Waals surface area contributed by atoms with Crippen LogP contribution in [0.15, 0.2) is 58.3 Å². The molecule has 8 nitrogen and oxygen atoms in total. The van der Waals surface area contributed by atoms with Crippen LogP contribution in [0.5, 0.6) is 0 Å². The molecule has 45 heavy (non-hydrogen) atoms. The zero-order valence-electron chi connectivity index (χ0n) is 25.5. The summed E-state index contributed by atoms with van der Waals surface area (Å²) in [6.07, 6.45) is 8.95. The Kier molecular flexibility index (Phi) is 13.0. The molecule has 0 N–H and O–H groups in total. The SMILES string of the molecule is CCOC(=O)C1CCN(C(=O)/C=C/c2ccc(Sc3ccc(/C=C/C(=O)N4CCC(C(=O)OCC)CC4)cc3Cl)c(Cl)c2)CC1. The van der Waals surface area contributed by atoms with Crippen molar-refractivity contribution >= 4 is 70.9 Å². The first kappa shape index (κ1) is 34.6. The molecule has 0 aromatic heterocycles. The van der Waals surface area contributed by atoms with Gasteiger partial charge >= 0.3 is 11.9 Å². The topological polar surface area (TPSA) is 93.2 Å². The van der Waals surface area contributed by atoms with Gasteiger partial charge in [-0.25, -0.2) is 0 Å². The van der Waals surface area contributed by atoms with Gasteiger partial charge in [0.25, 0.3) is 0 Å². The van der Waals surface area contributed by atoms with Crippen LogP contribution < -0.4 is 0 Å². The standard InChI is InChI=1S/C34H38Cl2N2O6S/c1-3-43-33(41)25-13-17-37(18-14-25)31(39)11-7-23-5-9-29(27(35)21-23)45-30-10-6-24(22-28(30)36)8-12-32(40)38-19-15-26(16-20-38)34(42)44-4-2/h5-12,21-22,25-26H,3-4,13-20H2,1-2H3/b11-7+,12-8+. The molecule has 2 saturated heterocycles. The van der Waals surface area contributed by atoms with Gasteiger partial charge in [-0.2, -0.15) is 0 Å². The second-order valence-corrected chi connectivity index (χ2v) is 12.7. The number of ether oxygens (including phenoxy) is 2. The Hall–Kier alpha value is -3.27. The van der Waals surface area contributed by atoms with Gasteiger partial charge in [0, 0.05) is 48.1 Å². The number of carbonyl (C=O) groups is 4. The third kappa shape index (κ3) is 9.86. The number of hydrogen-bond acceptors (Lipinski definition) is 7. The molecule has 0 atom stereocenters. The lowest BCUT2D eigenvalue weighted by atomic mass is 9.97. The second kappa shape index (κ2) is 16.9. The van der Waals surface area contributed by atoms with Crippen LogP contribution >= 0.6 is 35.0 Å². The molecule has 0 radical (unpaired) electrons. The van der Waals surface area contributed by atoms with E-state index in [4.69, 9.17) is 32.7 Å². The summed E-state index contributed by atoms with van der Waals surface area (Å²) in [5.41, 5.74) is 1.58. The monoisotopic (exact) mass is 672 g/mol. The van der Waals surface area contributed by atoms with E-state index in [2.05, 4.69) is 0 Å². The van der Waals surface area contributed by atoms with E-state index in [1.165, 1.54) is 23.9 Å². The summed E-state index contributed by atoms with van der Waals surface area (Å²) >= 11 is 14.6. The highest BCUT2D eigenvalue weighted by Gasteiger charge is 2.28. The first-order chi connectivity index (χ1) is 21.7. The molecule has 0 saturated carbocycles. The molecule has 2 aliphatic rings. The van der Waals surface area contributed by atoms with Crippen molar-refractivity contribution < 1.29 is 28.7 Å². The number of piperidine rings is 2. The summed E-state index contributed by atoms with van der Waals surface area (Å²) < 4.78 is 10.2. The molecule has 2 amide bonds. The van der Waals surface area contributed by atoms with Crippen LogP contribution in [-0.4, -0.2) is 72.9 Å². The minimum absolute atomic E-state index is 0.104. The molecule has 2 aromatic carbocycles. The molecule has 0 spiro atoms. The molecule has 2 aromatic rings. The van der Waals surface area contributed by atoms with Gasteiger partial charge in [-0.3, -0.25) is 19.2 Å². The Morgan fingerprint density at radius 3 is 1.42 bits per heavy atom. The van der Waals surface area contributed by atoms with Crippen molar-refractivity contribution in [1.29, 1.82) is 0 Å². The van der Waals surface area contributed by atoms with Gasteiger partial charge in [-0.1, -0.05) is 47.1 Å². The number of carbonyl (C=O) groups excluding carboxylic acids is 4. The Balaban J connectivity index is 1.28. The van der Waals surface area contributed by atoms with Crippen LogP contribution in [0, 0.1) is 11.8 Å². The lowest BCUT2D eigenvalue weighted by Crippen LogP contribution is -2.39. The average molecular weight is 674 g/mol. The average Bonchev–Trinajstić information content (AvgIpc) is 3.05. The highest BCUT2D eigenvalue weighted by molar-refractivity contribution is 7.99. The maximum atomic E-state index is 12.7. The van der Waals surface area contributed by atoms with Crippen molar-refractivity contribution in [3.63, 3.8) is 0 Å². The van der Waals surface area contributed by atoms with Crippen LogP contribution in [0.1, 0.15) is 50.7 Å². The second-order valence-electron chi connectivity index (χ2n) is 10.9. The maximum Gasteiger partial charge on any atom is 0.309 e. The fraction of sp³-hybridized carbons (Fsp3) is 0.412. The summed E-state index contributed by atoms with van der Waals surface area (Å²) in [5, 5.41) is 1.06. The predicted octanol–water partition coefficient (Wildman–Crippen LogP) is 6.77. The van der Waals surface area contributed by atoms with Gasteiger partial charge in [0.2, 0.25) is 11.8 Å². The number of amides is 2. The largest absolute Gasteiger partial charge is 0.466 e. The van der Waals surface area contributed by atoms with E-state index in [0.717, 1.165) is 20.9 Å². The summed E-state index contributed by atoms with van der Waals surface area (Å²) in [5.74, 6) is -0.871. The van der Waals surface area contributed by atoms with Gasteiger partial charge in [0.05, 0.1) is 35.1 Å². The van der Waals surface area contributed by atoms with E-state index in [-0.39, 0.29) is 35.6 Å². The molecule has 2 aliphatic heterocycles. The molecule has 0 aliphatic carbocycles. The van der Waals surface area contributed by atoms with Gasteiger partial charge in [-0.05, 0) is 87.1 Å². The van der Waals surface area contributed by atoms with Gasteiger partial charge in [0.15, 0.2) is 0 Å². The van der Waals surface area contributed by atoms with Crippen molar-refractivity contribution in [1.82, 2.24) is 9.80 Å². The van der Waals surface area contributed by atoms with Gasteiger partial charge in [0.1, 0.15) is 0 Å². The summed E-state index contributed by atoms with van der Waals surface area (Å²) in [6, 6.07) is 11.1. The number of hydrogen-bond donors (Lipinski definition) is 0. The first-order valence-corrected chi connectivity index (χ1v) is 16.8. The Morgan fingerprint density at radius 2 is 1.09 bits per heavy atom. The van der Waals surface area contributed by atoms with E-state index in [0.29, 0.717) is 75.1 Å². The van der Waals surface area contributed by atoms with Crippen LogP contribution in [0.2, 0.25) is 10.0 Å². The van der Waals surface area contributed by atoms with E-state index >= 15 is 0 Å². The fourth-order valence-corrected chi connectivity index (χ4v) is 6.69. The number of likely N-dealkylation sites (tertiary alicyclic amines) is 2. The third-order valence-electron chi connectivity index (χ3n) is 7.82. The number of nitrogens with zero attached hydrogens (tertiary/aromatic N) is 2. The minimum atomic E-state index is -0.185. The Bertz CT molecular complexity index is 1340. The Labute approximate surface area is 278 Å². The van der Waals surface area contributed by atoms with E-state index in [1.54, 1.807) is 47.9 Å². The van der Waals surface area contributed by atoms with Crippen LogP contribution in [0.25, 0.3) is 12.2 Å². The molecule has 11 heteroatoms. The maximum absolute atomic E-state index is 12.7. The zero-order chi connectivity index (χ0) is 32.3. The molecule has 2 heterocycles. The smallest absolute Gasteiger partial charge is 0.309 e. The normalized spacial score (nSPS) is 16.4. The molecule has 0 bridgehead atoms. The summed E-state index contributed by atoms with van der Waals surface area (Å²) in [7, 11) is 0. The van der Waals surface area contributed by atoms with Crippen molar-refractivity contribution in [3.8, 4) is 0 Å². The highest BCUT2D eigenvalue weighted by atomic mass is 35.5. The molecule has 0 unspecified atom stereocenters. The van der Waals surface area contributed by atoms with Crippen molar-refractivity contribution in [2.45, 2.75) is 49.3 Å². The molecule has 2 fully saturated rings. The predicted molar refractivity (Wildman–Crippen MR) is 177 cm³/mol. The van der Waals surface area contributed by atoms with Crippen LogP contribution in [0.3, 0.4) is 0 Å². The quantitative estimate of drug-likeness (QED) is 0.203. The Morgan fingerprint density at radius 1 is 0.711 bits per heavy atom. The van der Waals surface area contributed by atoms with Crippen LogP contribution in [-0.2, 0) is 28.7 Å². The lowest BCUT2D eigenvalue weighted by molar-refractivity contribution is -0.151. The molecule has 4 rings (SSSR count). The van der Waals surface area contributed by atoms with Crippen LogP contribution in [0.4, 0.5) is 0 Å². The van der Waals surface area contributed by atoms with Crippen molar-refractivity contribution in [2.24, 2.45) is 11.8 Å². The first-order valence-electron chi connectivity index (χ1n) is 15.2. The number of halogens is 2. The number of esters is 2. The summed E-state index contributed by atoms with van der Waals surface area (Å²) in [4.78, 5) is 54.4. The van der Waals surface area contributed by atoms with E-state index in [1.807, 2.05) is 24.3 Å². The molecular weight excluding hydrogens is 635 g/mol. The zero-order valence-corrected chi connectivity index (χ0v) is 27.8. The van der Waals surface area contributed by atoms with Crippen molar-refractivity contribution in [3.05, 3.63) is 69.7 Å². The number of benzene rings is 2. The summed E-state index contributed by atoms with van der Waals surface area (Å²) in [6.45, 7) is 6.39. The minimum Gasteiger partial charge on any atom is -0.466 e. The third-order valence-corrected chi connectivity index (χ3v) is 9.82. The molecular formula is C34H38Cl2N2O6S. The number of rotatable bonds is 10.